The topological polar surface area (TPSA) is 46.3 Å². The average Bonchev–Trinajstić information content (AvgIpc) is 2.53. The highest BCUT2D eigenvalue weighted by Gasteiger charge is 2.20. The molecule has 0 aromatic carbocycles. The zero-order valence-corrected chi connectivity index (χ0v) is 9.03. The molecule has 4 heteroatoms. The van der Waals surface area contributed by atoms with Gasteiger partial charge in [-0.1, -0.05) is 18.0 Å². The van der Waals surface area contributed by atoms with Crippen LogP contribution in [0.4, 0.5) is 0 Å². The Bertz CT molecular complexity index is 338. The van der Waals surface area contributed by atoms with Crippen LogP contribution in [0.25, 0.3) is 0 Å². The Labute approximate surface area is 89.2 Å². The van der Waals surface area contributed by atoms with E-state index in [2.05, 4.69) is 5.16 Å². The minimum Gasteiger partial charge on any atom is -0.364 e. The maximum Gasteiger partial charge on any atom is 0.259 e. The lowest BCUT2D eigenvalue weighted by atomic mass is 10.2. The number of hydrogen-bond donors (Lipinski definition) is 0. The summed E-state index contributed by atoms with van der Waals surface area (Å²) >= 11 is 0. The van der Waals surface area contributed by atoms with Crippen LogP contribution in [-0.2, 0) is 0 Å². The van der Waals surface area contributed by atoms with Gasteiger partial charge in [-0.2, -0.15) is 0 Å². The number of aromatic nitrogens is 1. The molecule has 82 valence electrons. The van der Waals surface area contributed by atoms with Crippen LogP contribution >= 0.6 is 0 Å². The third-order valence-electron chi connectivity index (χ3n) is 2.87. The molecule has 0 bridgehead atoms. The molecule has 0 saturated carbocycles. The summed E-state index contributed by atoms with van der Waals surface area (Å²) in [6.07, 6.45) is 6.12. The quantitative estimate of drug-likeness (QED) is 0.709. The molecule has 2 heterocycles. The molecule has 1 aromatic heterocycles. The van der Waals surface area contributed by atoms with Gasteiger partial charge >= 0.3 is 0 Å². The van der Waals surface area contributed by atoms with Gasteiger partial charge in [0.1, 0.15) is 11.8 Å². The minimum absolute atomic E-state index is 0.0654. The Balaban J connectivity index is 2.09. The van der Waals surface area contributed by atoms with Crippen LogP contribution in [-0.4, -0.2) is 29.1 Å². The molecular weight excluding hydrogens is 192 g/mol. The lowest BCUT2D eigenvalue weighted by Crippen LogP contribution is -2.31. The number of carbonyl (C=O) groups is 1. The molecule has 2 rings (SSSR count). The van der Waals surface area contributed by atoms with Crippen molar-refractivity contribution in [2.75, 3.05) is 13.1 Å². The van der Waals surface area contributed by atoms with Gasteiger partial charge < -0.3 is 9.42 Å². The Morgan fingerprint density at radius 3 is 2.53 bits per heavy atom. The van der Waals surface area contributed by atoms with Crippen molar-refractivity contribution in [3.63, 3.8) is 0 Å². The molecule has 1 aliphatic rings. The van der Waals surface area contributed by atoms with Crippen molar-refractivity contribution in [1.82, 2.24) is 10.1 Å². The number of aryl methyl sites for hydroxylation is 1. The lowest BCUT2D eigenvalue weighted by molar-refractivity contribution is 0.0760. The second-order valence-electron chi connectivity index (χ2n) is 4.02. The van der Waals surface area contributed by atoms with Gasteiger partial charge in [-0.25, -0.2) is 0 Å². The Kier molecular flexibility index (Phi) is 3.04. The summed E-state index contributed by atoms with van der Waals surface area (Å²) in [4.78, 5) is 14.0. The number of likely N-dealkylation sites (tertiary alicyclic amines) is 1. The average molecular weight is 208 g/mol. The molecule has 1 fully saturated rings. The van der Waals surface area contributed by atoms with Crippen molar-refractivity contribution in [2.45, 2.75) is 32.6 Å². The Hall–Kier alpha value is -1.32. The predicted molar refractivity (Wildman–Crippen MR) is 55.6 cm³/mol. The van der Waals surface area contributed by atoms with Crippen molar-refractivity contribution in [1.29, 1.82) is 0 Å². The van der Waals surface area contributed by atoms with Crippen molar-refractivity contribution in [3.05, 3.63) is 17.5 Å². The molecule has 0 radical (unpaired) electrons. The summed E-state index contributed by atoms with van der Waals surface area (Å²) in [6, 6.07) is 0. The van der Waals surface area contributed by atoms with E-state index in [9.17, 15) is 4.79 Å². The SMILES string of the molecule is Cc1nocc1C(=O)N1CCCCCC1. The number of rotatable bonds is 1. The van der Waals surface area contributed by atoms with E-state index in [-0.39, 0.29) is 5.91 Å². The van der Waals surface area contributed by atoms with Crippen LogP contribution in [0.15, 0.2) is 10.8 Å². The molecule has 0 aliphatic carbocycles. The second kappa shape index (κ2) is 4.47. The zero-order valence-electron chi connectivity index (χ0n) is 9.03. The molecule has 1 aromatic rings. The monoisotopic (exact) mass is 208 g/mol. The maximum atomic E-state index is 12.1. The van der Waals surface area contributed by atoms with Crippen molar-refractivity contribution < 1.29 is 9.32 Å². The maximum absolute atomic E-state index is 12.1. The third-order valence-corrected chi connectivity index (χ3v) is 2.87. The van der Waals surface area contributed by atoms with Gasteiger partial charge in [0, 0.05) is 13.1 Å². The summed E-state index contributed by atoms with van der Waals surface area (Å²) in [6.45, 7) is 3.53. The third kappa shape index (κ3) is 2.19. The van der Waals surface area contributed by atoms with E-state index in [1.807, 2.05) is 4.90 Å². The van der Waals surface area contributed by atoms with Crippen LogP contribution in [0, 0.1) is 6.92 Å². The predicted octanol–water partition coefficient (Wildman–Crippen LogP) is 2.00. The van der Waals surface area contributed by atoms with E-state index in [1.54, 1.807) is 6.92 Å². The van der Waals surface area contributed by atoms with E-state index >= 15 is 0 Å². The van der Waals surface area contributed by atoms with Gasteiger partial charge in [0.25, 0.3) is 5.91 Å². The van der Waals surface area contributed by atoms with Gasteiger partial charge in [0.05, 0.1) is 5.69 Å². The van der Waals surface area contributed by atoms with Crippen molar-refractivity contribution in [2.24, 2.45) is 0 Å². The first-order chi connectivity index (χ1) is 7.29. The van der Waals surface area contributed by atoms with E-state index in [0.717, 1.165) is 25.9 Å². The summed E-state index contributed by atoms with van der Waals surface area (Å²) in [5, 5.41) is 3.73. The molecular formula is C11H16N2O2. The largest absolute Gasteiger partial charge is 0.364 e. The van der Waals surface area contributed by atoms with Gasteiger partial charge in [-0.15, -0.1) is 0 Å². The van der Waals surface area contributed by atoms with Gasteiger partial charge in [-0.05, 0) is 19.8 Å². The zero-order chi connectivity index (χ0) is 10.7. The lowest BCUT2D eigenvalue weighted by Gasteiger charge is -2.19. The van der Waals surface area contributed by atoms with Crippen molar-refractivity contribution >= 4 is 5.91 Å². The Morgan fingerprint density at radius 2 is 2.00 bits per heavy atom. The highest BCUT2D eigenvalue weighted by molar-refractivity contribution is 5.94. The number of carbonyl (C=O) groups excluding carboxylic acids is 1. The summed E-state index contributed by atoms with van der Waals surface area (Å²) < 4.78 is 4.79. The first-order valence-corrected chi connectivity index (χ1v) is 5.49. The molecule has 15 heavy (non-hydrogen) atoms. The molecule has 0 atom stereocenters. The smallest absolute Gasteiger partial charge is 0.259 e. The summed E-state index contributed by atoms with van der Waals surface area (Å²) in [5.41, 5.74) is 1.29. The normalized spacial score (nSPS) is 17.5. The van der Waals surface area contributed by atoms with Crippen molar-refractivity contribution in [3.8, 4) is 0 Å². The van der Waals surface area contributed by atoms with Crippen LogP contribution in [0.3, 0.4) is 0 Å². The number of hydrogen-bond acceptors (Lipinski definition) is 3. The van der Waals surface area contributed by atoms with Gasteiger partial charge in [0.2, 0.25) is 0 Å². The first-order valence-electron chi connectivity index (χ1n) is 5.49. The second-order valence-corrected chi connectivity index (χ2v) is 4.02. The molecule has 0 N–H and O–H groups in total. The molecule has 0 spiro atoms. The van der Waals surface area contributed by atoms with E-state index < -0.39 is 0 Å². The molecule has 1 saturated heterocycles. The minimum atomic E-state index is 0.0654. The fraction of sp³-hybridized carbons (Fsp3) is 0.636. The fourth-order valence-electron chi connectivity index (χ4n) is 1.94. The summed E-state index contributed by atoms with van der Waals surface area (Å²) in [7, 11) is 0. The van der Waals surface area contributed by atoms with E-state index in [1.165, 1.54) is 19.1 Å². The Morgan fingerprint density at radius 1 is 1.33 bits per heavy atom. The van der Waals surface area contributed by atoms with Crippen LogP contribution < -0.4 is 0 Å². The van der Waals surface area contributed by atoms with Gasteiger partial charge in [0.15, 0.2) is 0 Å². The highest BCUT2D eigenvalue weighted by Crippen LogP contribution is 2.14. The standard InChI is InChI=1S/C11H16N2O2/c1-9-10(8-15-12-9)11(14)13-6-4-2-3-5-7-13/h8H,2-7H2,1H3. The van der Waals surface area contributed by atoms with Gasteiger partial charge in [-0.3, -0.25) is 4.79 Å². The van der Waals surface area contributed by atoms with Crippen LogP contribution in [0.5, 0.6) is 0 Å². The number of nitrogens with zero attached hydrogens (tertiary/aromatic N) is 2. The molecule has 0 unspecified atom stereocenters. The van der Waals surface area contributed by atoms with E-state index in [4.69, 9.17) is 4.52 Å². The molecule has 1 aliphatic heterocycles. The first kappa shape index (κ1) is 10.2. The van der Waals surface area contributed by atoms with Crippen LogP contribution in [0.2, 0.25) is 0 Å². The summed E-state index contributed by atoms with van der Waals surface area (Å²) in [5.74, 6) is 0.0654. The molecule has 4 nitrogen and oxygen atoms in total. The van der Waals surface area contributed by atoms with Crippen LogP contribution in [0.1, 0.15) is 41.7 Å². The number of amides is 1. The highest BCUT2D eigenvalue weighted by atomic mass is 16.5. The molecule has 1 amide bonds. The fourth-order valence-corrected chi connectivity index (χ4v) is 1.94. The van der Waals surface area contributed by atoms with E-state index in [0.29, 0.717) is 11.3 Å².